The van der Waals surface area contributed by atoms with Crippen molar-refractivity contribution in [2.45, 2.75) is 39.3 Å². The van der Waals surface area contributed by atoms with Crippen molar-refractivity contribution in [2.75, 3.05) is 7.05 Å². The number of benzene rings is 1. The molecule has 0 aliphatic rings. The molecule has 0 aromatic heterocycles. The van der Waals surface area contributed by atoms with Gasteiger partial charge in [-0.15, -0.1) is 0 Å². The molecule has 1 rings (SSSR count). The van der Waals surface area contributed by atoms with Crippen LogP contribution in [0.2, 0.25) is 0 Å². The Morgan fingerprint density at radius 2 is 1.85 bits per heavy atom. The number of halogens is 1. The van der Waals surface area contributed by atoms with E-state index in [1.54, 1.807) is 31.0 Å². The van der Waals surface area contributed by atoms with Crippen LogP contribution < -0.4 is 5.32 Å². The molecular weight excluding hydrogens is 259 g/mol. The van der Waals surface area contributed by atoms with Crippen LogP contribution in [-0.2, 0) is 16.1 Å². The summed E-state index contributed by atoms with van der Waals surface area (Å²) in [7, 11) is 1.55. The van der Waals surface area contributed by atoms with Gasteiger partial charge in [-0.05, 0) is 24.1 Å². The highest BCUT2D eigenvalue weighted by Crippen LogP contribution is 2.13. The molecule has 0 unspecified atom stereocenters. The molecule has 0 saturated heterocycles. The van der Waals surface area contributed by atoms with Crippen molar-refractivity contribution in [3.8, 4) is 0 Å². The van der Waals surface area contributed by atoms with Gasteiger partial charge in [-0.1, -0.05) is 26.0 Å². The van der Waals surface area contributed by atoms with Gasteiger partial charge in [0.05, 0.1) is 0 Å². The fourth-order valence-electron chi connectivity index (χ4n) is 2.08. The highest BCUT2D eigenvalue weighted by Gasteiger charge is 2.26. The second-order valence-electron chi connectivity index (χ2n) is 4.54. The molecule has 0 bridgehead atoms. The Bertz CT molecular complexity index is 459. The van der Waals surface area contributed by atoms with E-state index in [0.29, 0.717) is 19.4 Å². The van der Waals surface area contributed by atoms with Crippen LogP contribution in [0.25, 0.3) is 0 Å². The molecule has 110 valence electrons. The minimum atomic E-state index is -0.502. The first-order valence-corrected chi connectivity index (χ1v) is 6.78. The summed E-state index contributed by atoms with van der Waals surface area (Å²) in [6.45, 7) is 3.93. The smallest absolute Gasteiger partial charge is 0.242 e. The lowest BCUT2D eigenvalue weighted by atomic mass is 10.1. The number of hydrogen-bond acceptors (Lipinski definition) is 2. The Balaban J connectivity index is 2.96. The first-order chi connectivity index (χ1) is 9.53. The number of amides is 2. The predicted molar refractivity (Wildman–Crippen MR) is 75.4 cm³/mol. The van der Waals surface area contributed by atoms with Crippen molar-refractivity contribution in [3.05, 3.63) is 35.6 Å². The molecule has 0 aliphatic carbocycles. The standard InChI is InChI=1S/C15H21FN2O2/c1-4-13(15(20)17-3)18(14(19)5-2)10-11-6-8-12(16)9-7-11/h6-9,13H,4-5,10H2,1-3H3,(H,17,20)/t13-/m1/s1. The first-order valence-electron chi connectivity index (χ1n) is 6.78. The fraction of sp³-hybridized carbons (Fsp3) is 0.467. The summed E-state index contributed by atoms with van der Waals surface area (Å²) in [5, 5.41) is 2.58. The second-order valence-corrected chi connectivity index (χ2v) is 4.54. The monoisotopic (exact) mass is 280 g/mol. The molecule has 1 aromatic carbocycles. The summed E-state index contributed by atoms with van der Waals surface area (Å²) in [5.74, 6) is -0.596. The third-order valence-electron chi connectivity index (χ3n) is 3.20. The lowest BCUT2D eigenvalue weighted by Gasteiger charge is -2.30. The fourth-order valence-corrected chi connectivity index (χ4v) is 2.08. The van der Waals surface area contributed by atoms with Gasteiger partial charge in [-0.3, -0.25) is 9.59 Å². The van der Waals surface area contributed by atoms with E-state index in [4.69, 9.17) is 0 Å². The van der Waals surface area contributed by atoms with E-state index in [2.05, 4.69) is 5.32 Å². The molecule has 1 aromatic rings. The Labute approximate surface area is 119 Å². The van der Waals surface area contributed by atoms with Gasteiger partial charge in [-0.25, -0.2) is 4.39 Å². The number of likely N-dealkylation sites (N-methyl/N-ethyl adjacent to an activating group) is 1. The van der Waals surface area contributed by atoms with Crippen molar-refractivity contribution in [2.24, 2.45) is 0 Å². The molecule has 0 heterocycles. The van der Waals surface area contributed by atoms with Gasteiger partial charge in [0, 0.05) is 20.0 Å². The molecule has 1 N–H and O–H groups in total. The van der Waals surface area contributed by atoms with Gasteiger partial charge in [0.15, 0.2) is 0 Å². The van der Waals surface area contributed by atoms with Crippen molar-refractivity contribution >= 4 is 11.8 Å². The number of carbonyl (C=O) groups excluding carboxylic acids is 2. The lowest BCUT2D eigenvalue weighted by Crippen LogP contribution is -2.48. The highest BCUT2D eigenvalue weighted by atomic mass is 19.1. The zero-order valence-corrected chi connectivity index (χ0v) is 12.1. The zero-order chi connectivity index (χ0) is 15.1. The normalized spacial score (nSPS) is 11.8. The van der Waals surface area contributed by atoms with Crippen LogP contribution in [0.5, 0.6) is 0 Å². The minimum Gasteiger partial charge on any atom is -0.357 e. The highest BCUT2D eigenvalue weighted by molar-refractivity contribution is 5.87. The summed E-state index contributed by atoms with van der Waals surface area (Å²) in [5.41, 5.74) is 0.801. The molecule has 5 heteroatoms. The van der Waals surface area contributed by atoms with Gasteiger partial charge in [0.2, 0.25) is 11.8 Å². The van der Waals surface area contributed by atoms with E-state index >= 15 is 0 Å². The van der Waals surface area contributed by atoms with E-state index in [-0.39, 0.29) is 17.6 Å². The third-order valence-corrected chi connectivity index (χ3v) is 3.20. The number of rotatable bonds is 6. The zero-order valence-electron chi connectivity index (χ0n) is 12.1. The molecule has 0 radical (unpaired) electrons. The summed E-state index contributed by atoms with van der Waals surface area (Å²) < 4.78 is 12.9. The van der Waals surface area contributed by atoms with Crippen LogP contribution in [0.1, 0.15) is 32.3 Å². The molecular formula is C15H21FN2O2. The van der Waals surface area contributed by atoms with Crippen molar-refractivity contribution < 1.29 is 14.0 Å². The van der Waals surface area contributed by atoms with Crippen LogP contribution >= 0.6 is 0 Å². The Kier molecular flexibility index (Phi) is 6.15. The largest absolute Gasteiger partial charge is 0.357 e. The summed E-state index contributed by atoms with van der Waals surface area (Å²) >= 11 is 0. The van der Waals surface area contributed by atoms with Gasteiger partial charge < -0.3 is 10.2 Å². The van der Waals surface area contributed by atoms with Gasteiger partial charge in [0.1, 0.15) is 11.9 Å². The third kappa shape index (κ3) is 4.05. The number of nitrogens with one attached hydrogen (secondary N) is 1. The molecule has 20 heavy (non-hydrogen) atoms. The molecule has 0 aliphatic heterocycles. The molecule has 0 spiro atoms. The van der Waals surface area contributed by atoms with Crippen molar-refractivity contribution in [1.29, 1.82) is 0 Å². The molecule has 1 atom stereocenters. The Morgan fingerprint density at radius 1 is 1.25 bits per heavy atom. The van der Waals surface area contributed by atoms with Crippen LogP contribution in [0, 0.1) is 5.82 Å². The van der Waals surface area contributed by atoms with E-state index in [1.165, 1.54) is 12.1 Å². The van der Waals surface area contributed by atoms with Gasteiger partial charge >= 0.3 is 0 Å². The summed E-state index contributed by atoms with van der Waals surface area (Å²) in [6.07, 6.45) is 0.862. The molecule has 4 nitrogen and oxygen atoms in total. The summed E-state index contributed by atoms with van der Waals surface area (Å²) in [6, 6.07) is 5.46. The number of carbonyl (C=O) groups is 2. The maximum Gasteiger partial charge on any atom is 0.242 e. The predicted octanol–water partition coefficient (Wildman–Crippen LogP) is 2.09. The van der Waals surface area contributed by atoms with E-state index in [0.717, 1.165) is 5.56 Å². The van der Waals surface area contributed by atoms with Gasteiger partial charge in [-0.2, -0.15) is 0 Å². The van der Waals surface area contributed by atoms with Crippen LogP contribution in [0.4, 0.5) is 4.39 Å². The van der Waals surface area contributed by atoms with Crippen LogP contribution in [0.15, 0.2) is 24.3 Å². The molecule has 2 amide bonds. The molecule has 0 saturated carbocycles. The van der Waals surface area contributed by atoms with E-state index < -0.39 is 6.04 Å². The van der Waals surface area contributed by atoms with Crippen molar-refractivity contribution in [3.63, 3.8) is 0 Å². The maximum atomic E-state index is 12.9. The molecule has 0 fully saturated rings. The van der Waals surface area contributed by atoms with E-state index in [1.807, 2.05) is 6.92 Å². The Morgan fingerprint density at radius 3 is 2.30 bits per heavy atom. The minimum absolute atomic E-state index is 0.0928. The number of hydrogen-bond donors (Lipinski definition) is 1. The number of nitrogens with zero attached hydrogens (tertiary/aromatic N) is 1. The lowest BCUT2D eigenvalue weighted by molar-refractivity contribution is -0.141. The second kappa shape index (κ2) is 7.62. The van der Waals surface area contributed by atoms with Crippen molar-refractivity contribution in [1.82, 2.24) is 10.2 Å². The average molecular weight is 280 g/mol. The Hall–Kier alpha value is -1.91. The van der Waals surface area contributed by atoms with Gasteiger partial charge in [0.25, 0.3) is 0 Å². The first kappa shape index (κ1) is 16.1. The van der Waals surface area contributed by atoms with Crippen LogP contribution in [-0.4, -0.2) is 29.8 Å². The summed E-state index contributed by atoms with van der Waals surface area (Å²) in [4.78, 5) is 25.5. The quantitative estimate of drug-likeness (QED) is 0.867. The average Bonchev–Trinajstić information content (AvgIpc) is 2.47. The topological polar surface area (TPSA) is 49.4 Å². The van der Waals surface area contributed by atoms with Crippen LogP contribution in [0.3, 0.4) is 0 Å². The van der Waals surface area contributed by atoms with E-state index in [9.17, 15) is 14.0 Å². The maximum absolute atomic E-state index is 12.9. The SMILES string of the molecule is CCC(=O)N(Cc1ccc(F)cc1)[C@H](CC)C(=O)NC.